The van der Waals surface area contributed by atoms with E-state index in [1.165, 1.54) is 0 Å². The first-order valence-electron chi connectivity index (χ1n) is 4.56. The molecule has 0 saturated carbocycles. The maximum absolute atomic E-state index is 5.80. The number of halogens is 1. The standard InChI is InChI=1S/C11H10ClN3/c1-2-7-15-13-8-11(14-15)9-3-5-10(12)6-4-9/h2-6,8H,1,7H2. The van der Waals surface area contributed by atoms with Crippen molar-refractivity contribution in [3.63, 3.8) is 0 Å². The second-order valence-electron chi connectivity index (χ2n) is 3.08. The number of benzene rings is 1. The highest BCUT2D eigenvalue weighted by molar-refractivity contribution is 6.30. The van der Waals surface area contributed by atoms with Crippen molar-refractivity contribution in [3.05, 3.63) is 48.1 Å². The summed E-state index contributed by atoms with van der Waals surface area (Å²) >= 11 is 5.80. The molecule has 0 aliphatic rings. The average Bonchev–Trinajstić information content (AvgIpc) is 2.68. The molecule has 1 aromatic carbocycles. The third kappa shape index (κ3) is 2.25. The Morgan fingerprint density at radius 3 is 2.73 bits per heavy atom. The van der Waals surface area contributed by atoms with Gasteiger partial charge in [0.05, 0.1) is 12.7 Å². The zero-order valence-electron chi connectivity index (χ0n) is 8.10. The van der Waals surface area contributed by atoms with Gasteiger partial charge in [-0.2, -0.15) is 15.0 Å². The summed E-state index contributed by atoms with van der Waals surface area (Å²) < 4.78 is 0. The van der Waals surface area contributed by atoms with Crippen LogP contribution in [0, 0.1) is 0 Å². The van der Waals surface area contributed by atoms with Crippen molar-refractivity contribution in [2.75, 3.05) is 0 Å². The summed E-state index contributed by atoms with van der Waals surface area (Å²) in [5.41, 5.74) is 1.85. The molecular formula is C11H10ClN3. The largest absolute Gasteiger partial charge is 0.180 e. The molecule has 15 heavy (non-hydrogen) atoms. The van der Waals surface area contributed by atoms with Gasteiger partial charge < -0.3 is 0 Å². The van der Waals surface area contributed by atoms with Crippen molar-refractivity contribution in [2.24, 2.45) is 0 Å². The molecule has 0 aliphatic heterocycles. The molecule has 1 aromatic heterocycles. The molecule has 0 aliphatic carbocycles. The van der Waals surface area contributed by atoms with Crippen LogP contribution in [0.2, 0.25) is 5.02 Å². The van der Waals surface area contributed by atoms with Gasteiger partial charge in [-0.05, 0) is 12.1 Å². The third-order valence-electron chi connectivity index (χ3n) is 1.97. The van der Waals surface area contributed by atoms with Gasteiger partial charge in [-0.15, -0.1) is 6.58 Å². The lowest BCUT2D eigenvalue weighted by Gasteiger charge is -1.95. The first-order chi connectivity index (χ1) is 7.29. The second-order valence-corrected chi connectivity index (χ2v) is 3.52. The molecule has 0 fully saturated rings. The van der Waals surface area contributed by atoms with Gasteiger partial charge in [0, 0.05) is 10.6 Å². The maximum Gasteiger partial charge on any atom is 0.113 e. The number of nitrogens with zero attached hydrogens (tertiary/aromatic N) is 3. The van der Waals surface area contributed by atoms with Crippen molar-refractivity contribution >= 4 is 11.6 Å². The monoisotopic (exact) mass is 219 g/mol. The summed E-state index contributed by atoms with van der Waals surface area (Å²) in [6, 6.07) is 7.52. The fourth-order valence-electron chi connectivity index (χ4n) is 1.25. The van der Waals surface area contributed by atoms with Crippen LogP contribution in [0.5, 0.6) is 0 Å². The van der Waals surface area contributed by atoms with Crippen molar-refractivity contribution in [1.29, 1.82) is 0 Å². The predicted octanol–water partition coefficient (Wildman–Crippen LogP) is 2.78. The number of hydrogen-bond donors (Lipinski definition) is 0. The second kappa shape index (κ2) is 4.28. The van der Waals surface area contributed by atoms with E-state index in [2.05, 4.69) is 16.8 Å². The molecular weight excluding hydrogens is 210 g/mol. The third-order valence-corrected chi connectivity index (χ3v) is 2.22. The van der Waals surface area contributed by atoms with E-state index in [1.807, 2.05) is 24.3 Å². The number of hydrogen-bond acceptors (Lipinski definition) is 2. The Morgan fingerprint density at radius 1 is 1.33 bits per heavy atom. The molecule has 0 bridgehead atoms. The van der Waals surface area contributed by atoms with Crippen LogP contribution in [0.4, 0.5) is 0 Å². The van der Waals surface area contributed by atoms with Gasteiger partial charge in [0.15, 0.2) is 0 Å². The molecule has 3 nitrogen and oxygen atoms in total. The van der Waals surface area contributed by atoms with Crippen molar-refractivity contribution in [2.45, 2.75) is 6.54 Å². The van der Waals surface area contributed by atoms with Gasteiger partial charge in [-0.3, -0.25) is 0 Å². The zero-order valence-corrected chi connectivity index (χ0v) is 8.85. The van der Waals surface area contributed by atoms with E-state index in [-0.39, 0.29) is 0 Å². The van der Waals surface area contributed by atoms with E-state index in [0.29, 0.717) is 6.54 Å². The molecule has 4 heteroatoms. The van der Waals surface area contributed by atoms with Gasteiger partial charge in [-0.1, -0.05) is 29.8 Å². The lowest BCUT2D eigenvalue weighted by atomic mass is 10.2. The van der Waals surface area contributed by atoms with Gasteiger partial charge in [-0.25, -0.2) is 0 Å². The molecule has 0 spiro atoms. The Bertz CT molecular complexity index is 459. The Labute approximate surface area is 93.0 Å². The van der Waals surface area contributed by atoms with E-state index < -0.39 is 0 Å². The Balaban J connectivity index is 2.28. The van der Waals surface area contributed by atoms with E-state index in [0.717, 1.165) is 16.3 Å². The van der Waals surface area contributed by atoms with Crippen LogP contribution in [-0.4, -0.2) is 15.0 Å². The van der Waals surface area contributed by atoms with Crippen LogP contribution in [0.3, 0.4) is 0 Å². The summed E-state index contributed by atoms with van der Waals surface area (Å²) in [5.74, 6) is 0. The SMILES string of the molecule is C=CCn1ncc(-c2ccc(Cl)cc2)n1. The lowest BCUT2D eigenvalue weighted by Crippen LogP contribution is -1.98. The normalized spacial score (nSPS) is 10.2. The topological polar surface area (TPSA) is 30.7 Å². The Hall–Kier alpha value is -1.61. The maximum atomic E-state index is 5.80. The zero-order chi connectivity index (χ0) is 10.7. The molecule has 0 unspecified atom stereocenters. The van der Waals surface area contributed by atoms with E-state index in [4.69, 9.17) is 11.6 Å². The molecule has 0 saturated heterocycles. The van der Waals surface area contributed by atoms with Crippen LogP contribution in [0.25, 0.3) is 11.3 Å². The van der Waals surface area contributed by atoms with E-state index in [1.54, 1.807) is 17.1 Å². The quantitative estimate of drug-likeness (QED) is 0.744. The fourth-order valence-corrected chi connectivity index (χ4v) is 1.38. The van der Waals surface area contributed by atoms with Crippen LogP contribution < -0.4 is 0 Å². The van der Waals surface area contributed by atoms with Gasteiger partial charge in [0.25, 0.3) is 0 Å². The van der Waals surface area contributed by atoms with Gasteiger partial charge in [0.1, 0.15) is 5.69 Å². The molecule has 0 amide bonds. The summed E-state index contributed by atoms with van der Waals surface area (Å²) in [5, 5.41) is 9.12. The average molecular weight is 220 g/mol. The number of rotatable bonds is 3. The highest BCUT2D eigenvalue weighted by Gasteiger charge is 2.02. The van der Waals surface area contributed by atoms with Gasteiger partial charge in [0.2, 0.25) is 0 Å². The minimum Gasteiger partial charge on any atom is -0.180 e. The Kier molecular flexibility index (Phi) is 2.83. The van der Waals surface area contributed by atoms with E-state index in [9.17, 15) is 0 Å². The first-order valence-corrected chi connectivity index (χ1v) is 4.94. The smallest absolute Gasteiger partial charge is 0.113 e. The van der Waals surface area contributed by atoms with Crippen LogP contribution >= 0.6 is 11.6 Å². The van der Waals surface area contributed by atoms with Crippen LogP contribution in [0.1, 0.15) is 0 Å². The lowest BCUT2D eigenvalue weighted by molar-refractivity contribution is 0.604. The molecule has 0 N–H and O–H groups in total. The molecule has 2 aromatic rings. The minimum absolute atomic E-state index is 0.619. The van der Waals surface area contributed by atoms with Crippen molar-refractivity contribution in [3.8, 4) is 11.3 Å². The summed E-state index contributed by atoms with van der Waals surface area (Å²) in [7, 11) is 0. The molecule has 76 valence electrons. The fraction of sp³-hybridized carbons (Fsp3) is 0.0909. The van der Waals surface area contributed by atoms with Crippen molar-refractivity contribution in [1.82, 2.24) is 15.0 Å². The molecule has 2 rings (SSSR count). The van der Waals surface area contributed by atoms with E-state index >= 15 is 0 Å². The van der Waals surface area contributed by atoms with Crippen molar-refractivity contribution < 1.29 is 0 Å². The Morgan fingerprint density at radius 2 is 2.07 bits per heavy atom. The molecule has 0 atom stereocenters. The summed E-state index contributed by atoms with van der Waals surface area (Å²) in [4.78, 5) is 1.59. The van der Waals surface area contributed by atoms with Gasteiger partial charge >= 0.3 is 0 Å². The minimum atomic E-state index is 0.619. The number of allylic oxidation sites excluding steroid dienone is 1. The highest BCUT2D eigenvalue weighted by atomic mass is 35.5. The summed E-state index contributed by atoms with van der Waals surface area (Å²) in [6.45, 7) is 4.25. The molecule has 0 radical (unpaired) electrons. The van der Waals surface area contributed by atoms with Crippen LogP contribution in [0.15, 0.2) is 43.1 Å². The summed E-state index contributed by atoms with van der Waals surface area (Å²) in [6.07, 6.45) is 3.48. The highest BCUT2D eigenvalue weighted by Crippen LogP contribution is 2.18. The number of aromatic nitrogens is 3. The molecule has 1 heterocycles. The van der Waals surface area contributed by atoms with Crippen LogP contribution in [-0.2, 0) is 6.54 Å². The predicted molar refractivity (Wildman–Crippen MR) is 60.7 cm³/mol. The first kappa shape index (κ1) is 9.93.